The Morgan fingerprint density at radius 2 is 1.68 bits per heavy atom. The zero-order chi connectivity index (χ0) is 18.2. The second-order valence-electron chi connectivity index (χ2n) is 10.3. The van der Waals surface area contributed by atoms with Crippen molar-refractivity contribution in [2.45, 2.75) is 78.2 Å². The Morgan fingerprint density at radius 3 is 2.36 bits per heavy atom. The van der Waals surface area contributed by atoms with Gasteiger partial charge in [0, 0.05) is 11.5 Å². The zero-order valence-corrected chi connectivity index (χ0v) is 16.2. The van der Waals surface area contributed by atoms with Crippen molar-refractivity contribution in [3.63, 3.8) is 0 Å². The van der Waals surface area contributed by atoms with E-state index in [0.717, 1.165) is 44.8 Å². The molecule has 4 fully saturated rings. The van der Waals surface area contributed by atoms with E-state index in [1.54, 1.807) is 0 Å². The van der Waals surface area contributed by atoms with Crippen molar-refractivity contribution in [2.75, 3.05) is 0 Å². The summed E-state index contributed by atoms with van der Waals surface area (Å²) in [5, 5.41) is 20.6. The predicted octanol–water partition coefficient (Wildman–Crippen LogP) is 4.65. The van der Waals surface area contributed by atoms with Crippen LogP contribution in [0.5, 0.6) is 0 Å². The number of aliphatic hydroxyl groups is 2. The van der Waals surface area contributed by atoms with Crippen LogP contribution in [-0.2, 0) is 4.79 Å². The molecule has 0 aromatic rings. The summed E-state index contributed by atoms with van der Waals surface area (Å²) in [5.74, 6) is 2.51. The zero-order valence-electron chi connectivity index (χ0n) is 16.2. The van der Waals surface area contributed by atoms with Crippen LogP contribution in [-0.4, -0.2) is 21.6 Å². The number of rotatable bonds is 0. The Hall–Kier alpha value is -0.830. The number of allylic oxidation sites excluding steroid dienone is 1. The molecule has 3 nitrogen and oxygen atoms in total. The van der Waals surface area contributed by atoms with Gasteiger partial charge in [-0.2, -0.15) is 0 Å². The highest BCUT2D eigenvalue weighted by molar-refractivity contribution is 5.98. The van der Waals surface area contributed by atoms with Crippen molar-refractivity contribution < 1.29 is 15.0 Å². The van der Waals surface area contributed by atoms with Crippen molar-refractivity contribution in [2.24, 2.45) is 40.4 Å². The highest BCUT2D eigenvalue weighted by Gasteiger charge is 2.64. The number of aliphatic hydroxyl groups excluding tert-OH is 1. The number of carbonyl (C=O) groups excluding carboxylic acids is 1. The normalized spacial score (nSPS) is 57.1. The molecule has 4 aliphatic carbocycles. The van der Waals surface area contributed by atoms with Crippen LogP contribution in [0.2, 0.25) is 0 Å². The number of Topliss-reactive ketones (excluding diaryl/α,β-unsaturated/α-hetero) is 1. The average Bonchev–Trinajstić information content (AvgIpc) is 2.81. The highest BCUT2D eigenvalue weighted by Crippen LogP contribution is 2.68. The van der Waals surface area contributed by atoms with E-state index in [2.05, 4.69) is 27.7 Å². The summed E-state index contributed by atoms with van der Waals surface area (Å²) in [5.41, 5.74) is 0.259. The van der Waals surface area contributed by atoms with Gasteiger partial charge < -0.3 is 10.2 Å². The minimum atomic E-state index is -0.535. The SMILES string of the molecule is CC1C(=O)/C(=C\O)C[C@@]2(C)C1CC[C@@H]1[C@H]2CC[C@@]2(C)[C@H]1CCC2(C)O. The van der Waals surface area contributed by atoms with Crippen LogP contribution < -0.4 is 0 Å². The lowest BCUT2D eigenvalue weighted by molar-refractivity contribution is -0.155. The lowest BCUT2D eigenvalue weighted by atomic mass is 9.43. The van der Waals surface area contributed by atoms with E-state index in [4.69, 9.17) is 0 Å². The average molecular weight is 347 g/mol. The first-order valence-corrected chi connectivity index (χ1v) is 10.3. The van der Waals surface area contributed by atoms with E-state index < -0.39 is 5.60 Å². The van der Waals surface area contributed by atoms with Gasteiger partial charge in [0.25, 0.3) is 0 Å². The Bertz CT molecular complexity index is 621. The minimum Gasteiger partial charge on any atom is -0.515 e. The van der Waals surface area contributed by atoms with Gasteiger partial charge in [-0.1, -0.05) is 20.8 Å². The molecular weight excluding hydrogens is 312 g/mol. The van der Waals surface area contributed by atoms with Crippen molar-refractivity contribution in [1.29, 1.82) is 0 Å². The molecule has 0 aromatic heterocycles. The third-order valence-electron chi connectivity index (χ3n) is 9.57. The molecule has 0 heterocycles. The van der Waals surface area contributed by atoms with Gasteiger partial charge in [0.05, 0.1) is 11.9 Å². The van der Waals surface area contributed by atoms with Gasteiger partial charge in [0.1, 0.15) is 0 Å². The molecule has 3 heteroatoms. The van der Waals surface area contributed by atoms with E-state index in [0.29, 0.717) is 29.2 Å². The lowest BCUT2D eigenvalue weighted by Crippen LogP contribution is -2.57. The number of hydrogen-bond donors (Lipinski definition) is 2. The molecule has 140 valence electrons. The highest BCUT2D eigenvalue weighted by atomic mass is 16.3. The summed E-state index contributed by atoms with van der Waals surface area (Å²) in [7, 11) is 0. The van der Waals surface area contributed by atoms with Gasteiger partial charge in [-0.25, -0.2) is 0 Å². The maximum atomic E-state index is 12.6. The van der Waals surface area contributed by atoms with E-state index in [-0.39, 0.29) is 22.5 Å². The molecule has 4 aliphatic rings. The molecule has 0 radical (unpaired) electrons. The van der Waals surface area contributed by atoms with Gasteiger partial charge in [0.2, 0.25) is 0 Å². The molecule has 25 heavy (non-hydrogen) atoms. The van der Waals surface area contributed by atoms with Gasteiger partial charge in [-0.15, -0.1) is 0 Å². The lowest BCUT2D eigenvalue weighted by Gasteiger charge is -2.62. The summed E-state index contributed by atoms with van der Waals surface area (Å²) in [6.07, 6.45) is 8.45. The van der Waals surface area contributed by atoms with Crippen molar-refractivity contribution >= 4 is 5.78 Å². The predicted molar refractivity (Wildman–Crippen MR) is 98.0 cm³/mol. The molecular formula is C22H34O3. The van der Waals surface area contributed by atoms with Crippen LogP contribution in [0.1, 0.15) is 72.6 Å². The first kappa shape index (κ1) is 17.6. The first-order valence-electron chi connectivity index (χ1n) is 10.3. The Morgan fingerprint density at radius 1 is 1.00 bits per heavy atom. The fourth-order valence-corrected chi connectivity index (χ4v) is 7.89. The Kier molecular flexibility index (Phi) is 3.76. The fraction of sp³-hybridized carbons (Fsp3) is 0.864. The maximum Gasteiger partial charge on any atom is 0.165 e. The summed E-state index contributed by atoms with van der Waals surface area (Å²) in [4.78, 5) is 12.6. The summed E-state index contributed by atoms with van der Waals surface area (Å²) in [6.45, 7) is 8.83. The smallest absolute Gasteiger partial charge is 0.165 e. The van der Waals surface area contributed by atoms with E-state index in [1.807, 2.05) is 0 Å². The second-order valence-corrected chi connectivity index (χ2v) is 10.3. The summed E-state index contributed by atoms with van der Waals surface area (Å²) < 4.78 is 0. The van der Waals surface area contributed by atoms with Crippen molar-refractivity contribution in [3.05, 3.63) is 11.8 Å². The quantitative estimate of drug-likeness (QED) is 0.496. The molecule has 0 bridgehead atoms. The molecule has 4 saturated carbocycles. The fourth-order valence-electron chi connectivity index (χ4n) is 7.89. The Balaban J connectivity index is 1.70. The number of hydrogen-bond acceptors (Lipinski definition) is 3. The van der Waals surface area contributed by atoms with E-state index >= 15 is 0 Å². The molecule has 0 aliphatic heterocycles. The van der Waals surface area contributed by atoms with E-state index in [9.17, 15) is 15.0 Å². The molecule has 4 rings (SSSR count). The molecule has 0 amide bonds. The monoisotopic (exact) mass is 346 g/mol. The molecule has 0 saturated heterocycles. The molecule has 0 spiro atoms. The number of ketones is 1. The third-order valence-corrected chi connectivity index (χ3v) is 9.57. The molecule has 3 unspecified atom stereocenters. The maximum absolute atomic E-state index is 12.6. The number of carbonyl (C=O) groups is 1. The second kappa shape index (κ2) is 5.34. The van der Waals surface area contributed by atoms with Gasteiger partial charge in [-0.3, -0.25) is 4.79 Å². The first-order chi connectivity index (χ1) is 11.7. The van der Waals surface area contributed by atoms with Crippen LogP contribution in [0.25, 0.3) is 0 Å². The largest absolute Gasteiger partial charge is 0.515 e. The summed E-state index contributed by atoms with van der Waals surface area (Å²) in [6, 6.07) is 0. The van der Waals surface area contributed by atoms with Gasteiger partial charge in [0.15, 0.2) is 5.78 Å². The van der Waals surface area contributed by atoms with Crippen LogP contribution in [0, 0.1) is 40.4 Å². The topological polar surface area (TPSA) is 57.5 Å². The van der Waals surface area contributed by atoms with Gasteiger partial charge >= 0.3 is 0 Å². The van der Waals surface area contributed by atoms with E-state index in [1.165, 1.54) is 6.42 Å². The molecule has 8 atom stereocenters. The third kappa shape index (κ3) is 2.11. The molecule has 2 N–H and O–H groups in total. The summed E-state index contributed by atoms with van der Waals surface area (Å²) >= 11 is 0. The number of fused-ring (bicyclic) bond motifs is 5. The van der Waals surface area contributed by atoms with Crippen LogP contribution >= 0.6 is 0 Å². The van der Waals surface area contributed by atoms with Crippen molar-refractivity contribution in [1.82, 2.24) is 0 Å². The minimum absolute atomic E-state index is 0.0260. The van der Waals surface area contributed by atoms with Crippen LogP contribution in [0.15, 0.2) is 11.8 Å². The van der Waals surface area contributed by atoms with Gasteiger partial charge in [-0.05, 0) is 86.4 Å². The molecule has 0 aromatic carbocycles. The van der Waals surface area contributed by atoms with Crippen molar-refractivity contribution in [3.8, 4) is 0 Å². The van der Waals surface area contributed by atoms with Crippen LogP contribution in [0.3, 0.4) is 0 Å². The Labute approximate surface area is 151 Å². The van der Waals surface area contributed by atoms with Crippen LogP contribution in [0.4, 0.5) is 0 Å². The standard InChI is InChI=1S/C22H34O3/c1-13-16-6-5-15-17(20(16,2)11-14(12-23)19(13)24)7-9-21(3)18(15)8-10-22(21,4)25/h12-13,15-18,23,25H,5-11H2,1-4H3/b14-12-/t13?,15-,16?,17-,18+,20+,21+,22?/m1/s1.